The van der Waals surface area contributed by atoms with Gasteiger partial charge in [-0.2, -0.15) is 0 Å². The third kappa shape index (κ3) is 2.65. The number of benzene rings is 1. The van der Waals surface area contributed by atoms with E-state index in [2.05, 4.69) is 12.2 Å². The van der Waals surface area contributed by atoms with E-state index in [0.29, 0.717) is 6.61 Å². The predicted octanol–water partition coefficient (Wildman–Crippen LogP) is 3.16. The molecule has 2 atom stereocenters. The lowest BCUT2D eigenvalue weighted by Gasteiger charge is -2.32. The maximum absolute atomic E-state index is 6.09. The fraction of sp³-hybridized carbons (Fsp3) is 0.375. The molecule has 0 saturated heterocycles. The Morgan fingerprint density at radius 3 is 2.85 bits per heavy atom. The van der Waals surface area contributed by atoms with Crippen LogP contribution in [0.5, 0.6) is 11.5 Å². The molecule has 2 heterocycles. The van der Waals surface area contributed by atoms with Crippen molar-refractivity contribution in [2.75, 3.05) is 13.2 Å². The minimum atomic E-state index is -0.0611. The fourth-order valence-electron chi connectivity index (χ4n) is 2.42. The normalized spacial score (nSPS) is 18.8. The van der Waals surface area contributed by atoms with Gasteiger partial charge >= 0.3 is 0 Å². The summed E-state index contributed by atoms with van der Waals surface area (Å²) in [6, 6.07) is 9.81. The van der Waals surface area contributed by atoms with Crippen LogP contribution in [0.3, 0.4) is 0 Å². The molecule has 1 aliphatic rings. The number of fused-ring (bicyclic) bond motifs is 1. The minimum Gasteiger partial charge on any atom is -0.486 e. The summed E-state index contributed by atoms with van der Waals surface area (Å²) in [5.74, 6) is 1.61. The topological polar surface area (TPSA) is 43.6 Å². The van der Waals surface area contributed by atoms with E-state index in [0.717, 1.165) is 30.0 Å². The van der Waals surface area contributed by atoms with E-state index in [1.54, 1.807) is 12.5 Å². The fourth-order valence-corrected chi connectivity index (χ4v) is 2.42. The number of para-hydroxylation sites is 2. The Kier molecular flexibility index (Phi) is 3.92. The van der Waals surface area contributed by atoms with Crippen molar-refractivity contribution in [3.05, 3.63) is 48.4 Å². The zero-order valence-electron chi connectivity index (χ0n) is 11.5. The van der Waals surface area contributed by atoms with Gasteiger partial charge in [0.15, 0.2) is 17.6 Å². The lowest BCUT2D eigenvalue weighted by atomic mass is 10.0. The lowest BCUT2D eigenvalue weighted by Crippen LogP contribution is -2.41. The predicted molar refractivity (Wildman–Crippen MR) is 76.1 cm³/mol. The first-order chi connectivity index (χ1) is 9.88. The van der Waals surface area contributed by atoms with E-state index >= 15 is 0 Å². The first-order valence-corrected chi connectivity index (χ1v) is 7.02. The number of rotatable bonds is 5. The summed E-state index contributed by atoms with van der Waals surface area (Å²) in [5, 5.41) is 3.51. The number of nitrogens with one attached hydrogen (secondary N) is 1. The summed E-state index contributed by atoms with van der Waals surface area (Å²) in [6.07, 6.45) is 4.46. The molecule has 20 heavy (non-hydrogen) atoms. The molecule has 0 fully saturated rings. The van der Waals surface area contributed by atoms with E-state index in [-0.39, 0.29) is 12.1 Å². The third-order valence-electron chi connectivity index (χ3n) is 3.42. The molecule has 0 radical (unpaired) electrons. The monoisotopic (exact) mass is 273 g/mol. The van der Waals surface area contributed by atoms with Gasteiger partial charge in [0.2, 0.25) is 0 Å². The zero-order valence-corrected chi connectivity index (χ0v) is 11.5. The Hall–Kier alpha value is -1.94. The Balaban J connectivity index is 1.79. The van der Waals surface area contributed by atoms with Gasteiger partial charge in [-0.1, -0.05) is 19.1 Å². The van der Waals surface area contributed by atoms with Gasteiger partial charge in [0.25, 0.3) is 0 Å². The summed E-state index contributed by atoms with van der Waals surface area (Å²) >= 11 is 0. The molecular formula is C16H19NO3. The summed E-state index contributed by atoms with van der Waals surface area (Å²) in [4.78, 5) is 0. The van der Waals surface area contributed by atoms with Crippen molar-refractivity contribution in [2.24, 2.45) is 0 Å². The number of ether oxygens (including phenoxy) is 2. The Labute approximate surface area is 118 Å². The van der Waals surface area contributed by atoms with Gasteiger partial charge in [-0.05, 0) is 31.2 Å². The summed E-state index contributed by atoms with van der Waals surface area (Å²) in [5.41, 5.74) is 1.09. The van der Waals surface area contributed by atoms with Crippen molar-refractivity contribution in [1.29, 1.82) is 0 Å². The molecule has 0 amide bonds. The van der Waals surface area contributed by atoms with Crippen LogP contribution in [0.25, 0.3) is 0 Å². The first kappa shape index (κ1) is 13.1. The number of hydrogen-bond acceptors (Lipinski definition) is 4. The molecule has 3 rings (SSSR count). The van der Waals surface area contributed by atoms with Crippen molar-refractivity contribution in [3.8, 4) is 11.5 Å². The van der Waals surface area contributed by atoms with Crippen LogP contribution in [0.15, 0.2) is 47.3 Å². The molecule has 0 aliphatic carbocycles. The van der Waals surface area contributed by atoms with Crippen LogP contribution in [-0.4, -0.2) is 19.3 Å². The smallest absolute Gasteiger partial charge is 0.161 e. The van der Waals surface area contributed by atoms with Gasteiger partial charge in [-0.3, -0.25) is 0 Å². The van der Waals surface area contributed by atoms with E-state index in [4.69, 9.17) is 13.9 Å². The second-order valence-electron chi connectivity index (χ2n) is 4.90. The quantitative estimate of drug-likeness (QED) is 0.908. The average Bonchev–Trinajstić information content (AvgIpc) is 3.02. The molecule has 0 bridgehead atoms. The van der Waals surface area contributed by atoms with Crippen LogP contribution in [0, 0.1) is 0 Å². The minimum absolute atomic E-state index is 0.0611. The molecule has 0 spiro atoms. The molecule has 106 valence electrons. The molecule has 2 aromatic rings. The highest BCUT2D eigenvalue weighted by Gasteiger charge is 2.30. The van der Waals surface area contributed by atoms with Crippen LogP contribution in [0.2, 0.25) is 0 Å². The van der Waals surface area contributed by atoms with Crippen LogP contribution >= 0.6 is 0 Å². The van der Waals surface area contributed by atoms with Gasteiger partial charge in [-0.25, -0.2) is 0 Å². The molecule has 4 heteroatoms. The Morgan fingerprint density at radius 1 is 1.25 bits per heavy atom. The van der Waals surface area contributed by atoms with Crippen molar-refractivity contribution in [1.82, 2.24) is 5.32 Å². The first-order valence-electron chi connectivity index (χ1n) is 7.02. The van der Waals surface area contributed by atoms with Crippen molar-refractivity contribution >= 4 is 0 Å². The van der Waals surface area contributed by atoms with Crippen LogP contribution in [0.1, 0.15) is 24.9 Å². The molecular weight excluding hydrogens is 254 g/mol. The van der Waals surface area contributed by atoms with E-state index in [1.165, 1.54) is 0 Å². The summed E-state index contributed by atoms with van der Waals surface area (Å²) < 4.78 is 17.1. The summed E-state index contributed by atoms with van der Waals surface area (Å²) in [7, 11) is 0. The molecule has 1 aromatic carbocycles. The second-order valence-corrected chi connectivity index (χ2v) is 4.90. The molecule has 1 aromatic heterocycles. The van der Waals surface area contributed by atoms with Crippen molar-refractivity contribution in [2.45, 2.75) is 25.5 Å². The zero-order chi connectivity index (χ0) is 13.8. The lowest BCUT2D eigenvalue weighted by molar-refractivity contribution is 0.0615. The maximum atomic E-state index is 6.09. The highest BCUT2D eigenvalue weighted by Crippen LogP contribution is 2.34. The van der Waals surface area contributed by atoms with Gasteiger partial charge in [0.1, 0.15) is 6.61 Å². The molecule has 4 nitrogen and oxygen atoms in total. The van der Waals surface area contributed by atoms with Crippen LogP contribution < -0.4 is 14.8 Å². The van der Waals surface area contributed by atoms with Gasteiger partial charge in [-0.15, -0.1) is 0 Å². The molecule has 1 N–H and O–H groups in total. The number of furan rings is 1. The van der Waals surface area contributed by atoms with E-state index in [9.17, 15) is 0 Å². The maximum Gasteiger partial charge on any atom is 0.161 e. The molecule has 0 saturated carbocycles. The van der Waals surface area contributed by atoms with Crippen molar-refractivity contribution in [3.63, 3.8) is 0 Å². The van der Waals surface area contributed by atoms with Gasteiger partial charge in [0, 0.05) is 5.56 Å². The summed E-state index contributed by atoms with van der Waals surface area (Å²) in [6.45, 7) is 3.61. The largest absolute Gasteiger partial charge is 0.486 e. The third-order valence-corrected chi connectivity index (χ3v) is 3.42. The SMILES string of the molecule is CCCNC(c1ccoc1)C1COc2ccccc2O1. The van der Waals surface area contributed by atoms with E-state index in [1.807, 2.05) is 30.3 Å². The van der Waals surface area contributed by atoms with Crippen LogP contribution in [-0.2, 0) is 0 Å². The standard InChI is InChI=1S/C16H19NO3/c1-2-8-17-16(12-7-9-18-10-12)15-11-19-13-5-3-4-6-14(13)20-15/h3-7,9-10,15-17H,2,8,11H2,1H3. The van der Waals surface area contributed by atoms with E-state index < -0.39 is 0 Å². The Morgan fingerprint density at radius 2 is 2.10 bits per heavy atom. The van der Waals surface area contributed by atoms with Gasteiger partial charge in [0.05, 0.1) is 18.6 Å². The Bertz CT molecular complexity index is 538. The second kappa shape index (κ2) is 6.01. The number of hydrogen-bond donors (Lipinski definition) is 1. The van der Waals surface area contributed by atoms with Crippen molar-refractivity contribution < 1.29 is 13.9 Å². The highest BCUT2D eigenvalue weighted by atomic mass is 16.6. The molecule has 1 aliphatic heterocycles. The van der Waals surface area contributed by atoms with Gasteiger partial charge < -0.3 is 19.2 Å². The van der Waals surface area contributed by atoms with Crippen LogP contribution in [0.4, 0.5) is 0 Å². The highest BCUT2D eigenvalue weighted by molar-refractivity contribution is 5.41. The molecule has 2 unspecified atom stereocenters. The average molecular weight is 273 g/mol.